The number of hydrogen-bond donors (Lipinski definition) is 1. The van der Waals surface area contributed by atoms with Crippen LogP contribution < -0.4 is 5.32 Å². The van der Waals surface area contributed by atoms with Gasteiger partial charge in [-0.25, -0.2) is 9.97 Å². The van der Waals surface area contributed by atoms with Crippen molar-refractivity contribution in [1.82, 2.24) is 15.3 Å². The van der Waals surface area contributed by atoms with Crippen LogP contribution in [0.25, 0.3) is 10.2 Å². The lowest BCUT2D eigenvalue weighted by Crippen LogP contribution is -2.33. The summed E-state index contributed by atoms with van der Waals surface area (Å²) in [5.74, 6) is 1.34. The molecule has 3 rings (SSSR count). The van der Waals surface area contributed by atoms with Gasteiger partial charge in [-0.05, 0) is 51.0 Å². The van der Waals surface area contributed by atoms with Crippen molar-refractivity contribution in [2.45, 2.75) is 63.7 Å². The van der Waals surface area contributed by atoms with Crippen molar-refractivity contribution in [3.63, 3.8) is 0 Å². The molecule has 0 radical (unpaired) electrons. The maximum Gasteiger partial charge on any atom is 0.233 e. The number of thiophene rings is 1. The highest BCUT2D eigenvalue weighted by molar-refractivity contribution is 8.00. The number of aryl methyl sites for hydroxylation is 3. The van der Waals surface area contributed by atoms with Crippen LogP contribution in [-0.4, -0.2) is 27.7 Å². The third-order valence-corrected chi connectivity index (χ3v) is 6.51. The van der Waals surface area contributed by atoms with E-state index in [0.717, 1.165) is 35.1 Å². The van der Waals surface area contributed by atoms with Gasteiger partial charge < -0.3 is 5.32 Å². The lowest BCUT2D eigenvalue weighted by molar-refractivity contribution is -0.120. The summed E-state index contributed by atoms with van der Waals surface area (Å²) in [4.78, 5) is 24.2. The Morgan fingerprint density at radius 1 is 1.25 bits per heavy atom. The molecule has 24 heavy (non-hydrogen) atoms. The molecule has 0 spiro atoms. The fraction of sp³-hybridized carbons (Fsp3) is 0.611. The Balaban J connectivity index is 1.88. The fourth-order valence-corrected chi connectivity index (χ4v) is 5.40. The standard InChI is InChI=1S/C18H25N3OS2/c1-10(2)9-19-16(22)11(3)23-17-15-13-7-5-6-8-14(13)24-18(15)21-12(4)20-17/h10-11H,5-9H2,1-4H3,(H,19,22)/t11-/m0/s1. The summed E-state index contributed by atoms with van der Waals surface area (Å²) in [7, 11) is 0. The minimum absolute atomic E-state index is 0.0854. The molecule has 4 nitrogen and oxygen atoms in total. The molecule has 1 aliphatic carbocycles. The van der Waals surface area contributed by atoms with E-state index in [0.29, 0.717) is 5.92 Å². The maximum absolute atomic E-state index is 12.3. The number of aromatic nitrogens is 2. The molecule has 130 valence electrons. The van der Waals surface area contributed by atoms with E-state index < -0.39 is 0 Å². The Kier molecular flexibility index (Phi) is 5.45. The largest absolute Gasteiger partial charge is 0.355 e. The summed E-state index contributed by atoms with van der Waals surface area (Å²) >= 11 is 3.38. The summed E-state index contributed by atoms with van der Waals surface area (Å²) in [5.41, 5.74) is 1.43. The van der Waals surface area contributed by atoms with Crippen LogP contribution in [0.4, 0.5) is 0 Å². The Morgan fingerprint density at radius 2 is 2.00 bits per heavy atom. The zero-order valence-corrected chi connectivity index (χ0v) is 16.4. The molecule has 2 heterocycles. The summed E-state index contributed by atoms with van der Waals surface area (Å²) in [5, 5.41) is 5.05. The van der Waals surface area contributed by atoms with Gasteiger partial charge in [0.15, 0.2) is 0 Å². The Hall–Kier alpha value is -1.14. The van der Waals surface area contributed by atoms with Gasteiger partial charge in [0.25, 0.3) is 0 Å². The zero-order chi connectivity index (χ0) is 17.3. The van der Waals surface area contributed by atoms with Crippen LogP contribution in [-0.2, 0) is 17.6 Å². The molecule has 0 fully saturated rings. The van der Waals surface area contributed by atoms with Crippen LogP contribution in [0.1, 0.15) is 49.9 Å². The zero-order valence-electron chi connectivity index (χ0n) is 14.8. The van der Waals surface area contributed by atoms with Gasteiger partial charge in [-0.2, -0.15) is 0 Å². The van der Waals surface area contributed by atoms with Crippen molar-refractivity contribution in [3.8, 4) is 0 Å². The summed E-state index contributed by atoms with van der Waals surface area (Å²) < 4.78 is 0. The van der Waals surface area contributed by atoms with E-state index in [9.17, 15) is 4.79 Å². The van der Waals surface area contributed by atoms with Crippen molar-refractivity contribution >= 4 is 39.2 Å². The molecule has 1 atom stereocenters. The molecule has 0 aliphatic heterocycles. The van der Waals surface area contributed by atoms with Crippen molar-refractivity contribution in [2.24, 2.45) is 5.92 Å². The number of fused-ring (bicyclic) bond motifs is 3. The highest BCUT2D eigenvalue weighted by Gasteiger charge is 2.23. The van der Waals surface area contributed by atoms with Gasteiger partial charge in [-0.15, -0.1) is 11.3 Å². The molecular formula is C18H25N3OS2. The molecule has 2 aromatic heterocycles. The summed E-state index contributed by atoms with van der Waals surface area (Å²) in [6, 6.07) is 0. The van der Waals surface area contributed by atoms with Crippen LogP contribution in [0.2, 0.25) is 0 Å². The number of carbonyl (C=O) groups excluding carboxylic acids is 1. The van der Waals surface area contributed by atoms with Gasteiger partial charge >= 0.3 is 0 Å². The molecule has 0 aromatic carbocycles. The summed E-state index contributed by atoms with van der Waals surface area (Å²) in [6.07, 6.45) is 4.77. The number of amides is 1. The number of thioether (sulfide) groups is 1. The van der Waals surface area contributed by atoms with Gasteiger partial charge in [-0.1, -0.05) is 25.6 Å². The predicted octanol–water partition coefficient (Wildman–Crippen LogP) is 4.13. The van der Waals surface area contributed by atoms with Gasteiger partial charge in [0.2, 0.25) is 5.91 Å². The van der Waals surface area contributed by atoms with Gasteiger partial charge in [0.05, 0.1) is 5.25 Å². The molecule has 0 unspecified atom stereocenters. The quantitative estimate of drug-likeness (QED) is 0.641. The first-order valence-electron chi connectivity index (χ1n) is 8.69. The fourth-order valence-electron chi connectivity index (χ4n) is 2.98. The Morgan fingerprint density at radius 3 is 2.75 bits per heavy atom. The number of nitrogens with zero attached hydrogens (tertiary/aromatic N) is 2. The average Bonchev–Trinajstić information content (AvgIpc) is 2.90. The molecule has 2 aromatic rings. The first-order chi connectivity index (χ1) is 11.5. The molecule has 1 amide bonds. The summed E-state index contributed by atoms with van der Waals surface area (Å²) in [6.45, 7) is 8.82. The minimum atomic E-state index is -0.152. The Bertz CT molecular complexity index is 754. The van der Waals surface area contributed by atoms with Gasteiger partial charge in [0.1, 0.15) is 15.7 Å². The van der Waals surface area contributed by atoms with Crippen molar-refractivity contribution < 1.29 is 4.79 Å². The number of carbonyl (C=O) groups is 1. The first kappa shape index (κ1) is 17.7. The van der Waals surface area contributed by atoms with E-state index in [2.05, 4.69) is 29.1 Å². The molecule has 1 aliphatic rings. The highest BCUT2D eigenvalue weighted by atomic mass is 32.2. The molecule has 0 saturated carbocycles. The van der Waals surface area contributed by atoms with E-state index in [4.69, 9.17) is 0 Å². The van der Waals surface area contributed by atoms with E-state index in [-0.39, 0.29) is 11.2 Å². The topological polar surface area (TPSA) is 54.9 Å². The Labute approximate surface area is 151 Å². The molecule has 0 bridgehead atoms. The molecule has 1 N–H and O–H groups in total. The van der Waals surface area contributed by atoms with Crippen LogP contribution >= 0.6 is 23.1 Å². The maximum atomic E-state index is 12.3. The lowest BCUT2D eigenvalue weighted by Gasteiger charge is -2.15. The third kappa shape index (κ3) is 3.75. The smallest absolute Gasteiger partial charge is 0.233 e. The normalized spacial score (nSPS) is 15.5. The van der Waals surface area contributed by atoms with Crippen molar-refractivity contribution in [2.75, 3.05) is 6.54 Å². The van der Waals surface area contributed by atoms with Crippen LogP contribution in [0.3, 0.4) is 0 Å². The predicted molar refractivity (Wildman–Crippen MR) is 102 cm³/mol. The van der Waals surface area contributed by atoms with E-state index in [1.54, 1.807) is 11.8 Å². The van der Waals surface area contributed by atoms with E-state index in [1.807, 2.05) is 25.2 Å². The minimum Gasteiger partial charge on any atom is -0.355 e. The number of hydrogen-bond acceptors (Lipinski definition) is 5. The second-order valence-corrected chi connectivity index (χ2v) is 9.28. The van der Waals surface area contributed by atoms with E-state index >= 15 is 0 Å². The third-order valence-electron chi connectivity index (χ3n) is 4.24. The average molecular weight is 364 g/mol. The SMILES string of the molecule is Cc1nc(S[C@@H](C)C(=O)NCC(C)C)c2c3c(sc2n1)CCCC3. The van der Waals surface area contributed by atoms with Crippen molar-refractivity contribution in [3.05, 3.63) is 16.3 Å². The van der Waals surface area contributed by atoms with Crippen molar-refractivity contribution in [1.29, 1.82) is 0 Å². The first-order valence-corrected chi connectivity index (χ1v) is 10.4. The number of nitrogens with one attached hydrogen (secondary N) is 1. The highest BCUT2D eigenvalue weighted by Crippen LogP contribution is 2.40. The molecule has 0 saturated heterocycles. The molecule has 6 heteroatoms. The molecular weight excluding hydrogens is 338 g/mol. The lowest BCUT2D eigenvalue weighted by atomic mass is 9.97. The van der Waals surface area contributed by atoms with E-state index in [1.165, 1.54) is 28.7 Å². The number of rotatable bonds is 5. The van der Waals surface area contributed by atoms with Gasteiger partial charge in [0, 0.05) is 16.8 Å². The second kappa shape index (κ2) is 7.40. The van der Waals surface area contributed by atoms with Crippen LogP contribution in [0.5, 0.6) is 0 Å². The second-order valence-electron chi connectivity index (χ2n) is 6.87. The monoisotopic (exact) mass is 363 g/mol. The van der Waals surface area contributed by atoms with Crippen LogP contribution in [0, 0.1) is 12.8 Å². The van der Waals surface area contributed by atoms with Gasteiger partial charge in [-0.3, -0.25) is 4.79 Å². The van der Waals surface area contributed by atoms with Crippen LogP contribution in [0.15, 0.2) is 5.03 Å².